The molecule has 1 heterocycles. The molecule has 0 aromatic heterocycles. The molecule has 7 heteroatoms. The molecule has 5 nitrogen and oxygen atoms in total. The molecule has 0 radical (unpaired) electrons. The zero-order valence-electron chi connectivity index (χ0n) is 13.3. The van der Waals surface area contributed by atoms with Crippen LogP contribution in [0.1, 0.15) is 21.5 Å². The van der Waals surface area contributed by atoms with Gasteiger partial charge in [0.2, 0.25) is 0 Å². The third-order valence-electron chi connectivity index (χ3n) is 4.28. The van der Waals surface area contributed by atoms with E-state index in [-0.39, 0.29) is 18.7 Å². The van der Waals surface area contributed by atoms with Gasteiger partial charge in [0.15, 0.2) is 11.6 Å². The molecule has 1 amide bonds. The molecule has 0 fully saturated rings. The normalized spacial score (nSPS) is 16.3. The van der Waals surface area contributed by atoms with Gasteiger partial charge in [-0.3, -0.25) is 4.79 Å². The van der Waals surface area contributed by atoms with Crippen LogP contribution in [0.5, 0.6) is 5.75 Å². The van der Waals surface area contributed by atoms with E-state index < -0.39 is 35.1 Å². The monoisotopic (exact) mass is 347 g/mol. The van der Waals surface area contributed by atoms with Crippen molar-refractivity contribution in [3.63, 3.8) is 0 Å². The van der Waals surface area contributed by atoms with Crippen LogP contribution in [0.4, 0.5) is 8.78 Å². The van der Waals surface area contributed by atoms with E-state index >= 15 is 0 Å². The van der Waals surface area contributed by atoms with E-state index in [9.17, 15) is 23.5 Å². The van der Waals surface area contributed by atoms with Crippen molar-refractivity contribution in [1.29, 1.82) is 0 Å². The number of carbonyl (C=O) groups excluding carboxylic acids is 1. The molecular weight excluding hydrogens is 332 g/mol. The number of carboxylic acid groups (broad SMARTS) is 1. The highest BCUT2D eigenvalue weighted by Crippen LogP contribution is 2.30. The van der Waals surface area contributed by atoms with Gasteiger partial charge in [0.25, 0.3) is 5.91 Å². The Labute approximate surface area is 142 Å². The van der Waals surface area contributed by atoms with Gasteiger partial charge < -0.3 is 14.7 Å². The molecule has 25 heavy (non-hydrogen) atoms. The lowest BCUT2D eigenvalue weighted by molar-refractivity contribution is -0.142. The Bertz CT molecular complexity index is 853. The quantitative estimate of drug-likeness (QED) is 0.927. The number of aliphatic carboxylic acids is 1. The Balaban J connectivity index is 2.07. The second kappa shape index (κ2) is 6.51. The topological polar surface area (TPSA) is 66.8 Å². The summed E-state index contributed by atoms with van der Waals surface area (Å²) in [4.78, 5) is 25.5. The Morgan fingerprint density at radius 1 is 1.16 bits per heavy atom. The van der Waals surface area contributed by atoms with Gasteiger partial charge in [-0.1, -0.05) is 24.3 Å². The Morgan fingerprint density at radius 3 is 2.48 bits per heavy atom. The molecule has 2 aromatic carbocycles. The van der Waals surface area contributed by atoms with Crippen molar-refractivity contribution in [2.75, 3.05) is 7.11 Å². The highest BCUT2D eigenvalue weighted by Gasteiger charge is 2.37. The van der Waals surface area contributed by atoms with E-state index in [0.29, 0.717) is 0 Å². The van der Waals surface area contributed by atoms with Crippen LogP contribution in [-0.4, -0.2) is 35.0 Å². The van der Waals surface area contributed by atoms with Gasteiger partial charge in [0.1, 0.15) is 17.4 Å². The first kappa shape index (κ1) is 16.9. The number of carbonyl (C=O) groups is 2. The summed E-state index contributed by atoms with van der Waals surface area (Å²) < 4.78 is 32.8. The number of nitrogens with zero attached hydrogens (tertiary/aromatic N) is 1. The molecule has 1 aliphatic rings. The second-order valence-electron chi connectivity index (χ2n) is 5.70. The number of amides is 1. The largest absolute Gasteiger partial charge is 0.496 e. The molecule has 2 aromatic rings. The molecule has 0 unspecified atom stereocenters. The van der Waals surface area contributed by atoms with Crippen LogP contribution >= 0.6 is 0 Å². The van der Waals surface area contributed by atoms with Gasteiger partial charge in [-0.25, -0.2) is 13.6 Å². The minimum absolute atomic E-state index is 0.00885. The molecule has 1 aliphatic heterocycles. The maximum atomic E-state index is 14.2. The van der Waals surface area contributed by atoms with E-state index in [1.54, 1.807) is 24.3 Å². The molecule has 0 aliphatic carbocycles. The van der Waals surface area contributed by atoms with E-state index in [4.69, 9.17) is 4.74 Å². The van der Waals surface area contributed by atoms with Gasteiger partial charge in [-0.05, 0) is 23.3 Å². The minimum atomic E-state index is -1.35. The highest BCUT2D eigenvalue weighted by atomic mass is 19.2. The van der Waals surface area contributed by atoms with Gasteiger partial charge in [0.05, 0.1) is 7.11 Å². The van der Waals surface area contributed by atoms with Crippen molar-refractivity contribution in [3.05, 3.63) is 64.7 Å². The van der Waals surface area contributed by atoms with Crippen molar-refractivity contribution in [2.24, 2.45) is 0 Å². The van der Waals surface area contributed by atoms with Crippen LogP contribution in [0.25, 0.3) is 0 Å². The van der Waals surface area contributed by atoms with E-state index in [1.807, 2.05) is 0 Å². The first-order valence-corrected chi connectivity index (χ1v) is 7.56. The average molecular weight is 347 g/mol. The average Bonchev–Trinajstić information content (AvgIpc) is 2.62. The smallest absolute Gasteiger partial charge is 0.326 e. The molecule has 0 saturated carbocycles. The molecule has 0 spiro atoms. The number of benzene rings is 2. The molecule has 0 saturated heterocycles. The summed E-state index contributed by atoms with van der Waals surface area (Å²) in [6, 6.07) is 7.93. The van der Waals surface area contributed by atoms with Crippen molar-refractivity contribution in [3.8, 4) is 5.75 Å². The maximum absolute atomic E-state index is 14.2. The molecule has 0 bridgehead atoms. The van der Waals surface area contributed by atoms with Crippen molar-refractivity contribution in [2.45, 2.75) is 19.0 Å². The fourth-order valence-electron chi connectivity index (χ4n) is 3.00. The zero-order chi connectivity index (χ0) is 18.1. The number of hydrogen-bond acceptors (Lipinski definition) is 3. The number of fused-ring (bicyclic) bond motifs is 1. The van der Waals surface area contributed by atoms with E-state index in [2.05, 4.69) is 0 Å². The number of methoxy groups -OCH3 is 1. The lowest BCUT2D eigenvalue weighted by atomic mass is 9.93. The number of rotatable bonds is 3. The first-order valence-electron chi connectivity index (χ1n) is 7.56. The zero-order valence-corrected chi connectivity index (χ0v) is 13.3. The van der Waals surface area contributed by atoms with E-state index in [0.717, 1.165) is 28.2 Å². The van der Waals surface area contributed by atoms with Crippen LogP contribution in [0.3, 0.4) is 0 Å². The summed E-state index contributed by atoms with van der Waals surface area (Å²) in [5.74, 6) is -4.83. The molecule has 1 N–H and O–H groups in total. The lowest BCUT2D eigenvalue weighted by Gasteiger charge is -2.34. The standard InChI is InChI=1S/C18H15F2NO4/c1-25-14-7-6-12(19)16(20)15(14)17(22)21-9-11-5-3-2-4-10(11)8-13(21)18(23)24/h2-7,13H,8-9H2,1H3,(H,23,24)/t13-/m0/s1. The third kappa shape index (κ3) is 2.93. The molecule has 1 atom stereocenters. The van der Waals surface area contributed by atoms with Crippen molar-refractivity contribution in [1.82, 2.24) is 4.90 Å². The van der Waals surface area contributed by atoms with Gasteiger partial charge in [-0.2, -0.15) is 0 Å². The summed E-state index contributed by atoms with van der Waals surface area (Å²) >= 11 is 0. The van der Waals surface area contributed by atoms with Gasteiger partial charge >= 0.3 is 5.97 Å². The Kier molecular flexibility index (Phi) is 4.39. The van der Waals surface area contributed by atoms with Gasteiger partial charge in [0, 0.05) is 13.0 Å². The molecular formula is C18H15F2NO4. The molecule has 130 valence electrons. The van der Waals surface area contributed by atoms with Crippen LogP contribution in [0.2, 0.25) is 0 Å². The molecule has 3 rings (SSSR count). The van der Waals surface area contributed by atoms with Crippen LogP contribution in [0, 0.1) is 11.6 Å². The number of ether oxygens (including phenoxy) is 1. The number of hydrogen-bond donors (Lipinski definition) is 1. The number of carboxylic acids is 1. The predicted octanol–water partition coefficient (Wildman–Crippen LogP) is 2.63. The summed E-state index contributed by atoms with van der Waals surface area (Å²) in [5, 5.41) is 9.49. The summed E-state index contributed by atoms with van der Waals surface area (Å²) in [6.45, 7) is -0.00885. The summed E-state index contributed by atoms with van der Waals surface area (Å²) in [6.07, 6.45) is 0.0937. The fraction of sp³-hybridized carbons (Fsp3) is 0.222. The number of halogens is 2. The summed E-state index contributed by atoms with van der Waals surface area (Å²) in [7, 11) is 1.23. The van der Waals surface area contributed by atoms with Crippen molar-refractivity contribution >= 4 is 11.9 Å². The second-order valence-corrected chi connectivity index (χ2v) is 5.70. The summed E-state index contributed by atoms with van der Waals surface area (Å²) in [5.41, 5.74) is 0.975. The Morgan fingerprint density at radius 2 is 1.84 bits per heavy atom. The first-order chi connectivity index (χ1) is 11.9. The van der Waals surface area contributed by atoms with E-state index in [1.165, 1.54) is 7.11 Å². The lowest BCUT2D eigenvalue weighted by Crippen LogP contribution is -2.49. The van der Waals surface area contributed by atoms with Crippen LogP contribution in [-0.2, 0) is 17.8 Å². The van der Waals surface area contributed by atoms with Gasteiger partial charge in [-0.15, -0.1) is 0 Å². The SMILES string of the molecule is COc1ccc(F)c(F)c1C(=O)N1Cc2ccccc2C[C@H]1C(=O)O. The minimum Gasteiger partial charge on any atom is -0.496 e. The maximum Gasteiger partial charge on any atom is 0.326 e. The van der Waals surface area contributed by atoms with Crippen molar-refractivity contribution < 1.29 is 28.2 Å². The predicted molar refractivity (Wildman–Crippen MR) is 84.4 cm³/mol. The van der Waals surface area contributed by atoms with Crippen LogP contribution < -0.4 is 4.74 Å². The fourth-order valence-corrected chi connectivity index (χ4v) is 3.00. The Hall–Kier alpha value is -2.96. The third-order valence-corrected chi connectivity index (χ3v) is 4.28. The highest BCUT2D eigenvalue weighted by molar-refractivity contribution is 5.99. The van der Waals surface area contributed by atoms with Crippen LogP contribution in [0.15, 0.2) is 36.4 Å².